The smallest absolute Gasteiger partial charge is 0.240 e. The van der Waals surface area contributed by atoms with Crippen LogP contribution in [0.4, 0.5) is 0 Å². The van der Waals surface area contributed by atoms with Gasteiger partial charge in [-0.3, -0.25) is 4.79 Å². The molecule has 0 aromatic carbocycles. The highest BCUT2D eigenvalue weighted by atomic mass is 32.2. The molecule has 1 heterocycles. The molecule has 0 saturated carbocycles. The summed E-state index contributed by atoms with van der Waals surface area (Å²) in [5.74, 6) is 1.15. The van der Waals surface area contributed by atoms with Crippen LogP contribution in [0.15, 0.2) is 0 Å². The van der Waals surface area contributed by atoms with Crippen LogP contribution >= 0.6 is 11.8 Å². The molecule has 0 aromatic rings. The maximum atomic E-state index is 12.4. The SMILES string of the molecule is CCCC(C#N)(CCC)C(=O)NCC1CCCCS1. The van der Waals surface area contributed by atoms with Gasteiger partial charge in [-0.2, -0.15) is 17.0 Å². The lowest BCUT2D eigenvalue weighted by Crippen LogP contribution is -2.43. The highest BCUT2D eigenvalue weighted by Crippen LogP contribution is 2.30. The summed E-state index contributed by atoms with van der Waals surface area (Å²) < 4.78 is 0. The third-order valence-corrected chi connectivity index (χ3v) is 5.16. The van der Waals surface area contributed by atoms with Crippen molar-refractivity contribution in [3.05, 3.63) is 0 Å². The van der Waals surface area contributed by atoms with E-state index in [-0.39, 0.29) is 5.91 Å². The highest BCUT2D eigenvalue weighted by Gasteiger charge is 2.37. The third kappa shape index (κ3) is 4.72. The number of nitriles is 1. The number of hydrogen-bond donors (Lipinski definition) is 1. The first-order valence-electron chi connectivity index (χ1n) is 7.49. The molecular weight excluding hydrogens is 256 g/mol. The lowest BCUT2D eigenvalue weighted by atomic mass is 9.80. The monoisotopic (exact) mass is 282 g/mol. The van der Waals surface area contributed by atoms with E-state index in [2.05, 4.69) is 11.4 Å². The minimum absolute atomic E-state index is 0.0510. The Morgan fingerprint density at radius 2 is 2.05 bits per heavy atom. The average molecular weight is 282 g/mol. The summed E-state index contributed by atoms with van der Waals surface area (Å²) in [7, 11) is 0. The van der Waals surface area contributed by atoms with Gasteiger partial charge in [0.1, 0.15) is 5.41 Å². The summed E-state index contributed by atoms with van der Waals surface area (Å²) in [4.78, 5) is 12.4. The van der Waals surface area contributed by atoms with Crippen molar-refractivity contribution in [1.82, 2.24) is 5.32 Å². The van der Waals surface area contributed by atoms with E-state index in [1.54, 1.807) is 0 Å². The van der Waals surface area contributed by atoms with Gasteiger partial charge in [0.05, 0.1) is 6.07 Å². The Morgan fingerprint density at radius 3 is 2.53 bits per heavy atom. The van der Waals surface area contributed by atoms with Crippen LogP contribution in [0.2, 0.25) is 0 Å². The van der Waals surface area contributed by atoms with E-state index in [1.165, 1.54) is 25.0 Å². The van der Waals surface area contributed by atoms with Crippen LogP contribution in [-0.2, 0) is 4.79 Å². The van der Waals surface area contributed by atoms with Gasteiger partial charge in [0.2, 0.25) is 5.91 Å². The fourth-order valence-corrected chi connectivity index (χ4v) is 3.95. The minimum Gasteiger partial charge on any atom is -0.354 e. The molecule has 0 spiro atoms. The lowest BCUT2D eigenvalue weighted by Gasteiger charge is -2.27. The van der Waals surface area contributed by atoms with Crippen LogP contribution in [0.5, 0.6) is 0 Å². The van der Waals surface area contributed by atoms with Gasteiger partial charge >= 0.3 is 0 Å². The predicted molar refractivity (Wildman–Crippen MR) is 81.0 cm³/mol. The predicted octanol–water partition coefficient (Wildman–Crippen LogP) is 3.50. The fourth-order valence-electron chi connectivity index (χ4n) is 2.71. The van der Waals surface area contributed by atoms with Crippen molar-refractivity contribution in [2.45, 2.75) is 64.0 Å². The molecule has 1 fully saturated rings. The molecule has 0 radical (unpaired) electrons. The van der Waals surface area contributed by atoms with E-state index in [4.69, 9.17) is 0 Å². The van der Waals surface area contributed by atoms with Crippen LogP contribution in [-0.4, -0.2) is 23.5 Å². The Balaban J connectivity index is 2.53. The Morgan fingerprint density at radius 1 is 1.37 bits per heavy atom. The van der Waals surface area contributed by atoms with E-state index in [9.17, 15) is 10.1 Å². The number of amides is 1. The number of rotatable bonds is 7. The number of nitrogens with zero attached hydrogens (tertiary/aromatic N) is 1. The van der Waals surface area contributed by atoms with Gasteiger partial charge in [0, 0.05) is 11.8 Å². The molecule has 1 N–H and O–H groups in total. The zero-order valence-corrected chi connectivity index (χ0v) is 13.0. The van der Waals surface area contributed by atoms with Crippen molar-refractivity contribution in [3.63, 3.8) is 0 Å². The molecule has 1 aliphatic heterocycles. The fraction of sp³-hybridized carbons (Fsp3) is 0.867. The van der Waals surface area contributed by atoms with E-state index < -0.39 is 5.41 Å². The van der Waals surface area contributed by atoms with E-state index in [0.717, 1.165) is 19.4 Å². The summed E-state index contributed by atoms with van der Waals surface area (Å²) >= 11 is 1.95. The molecule has 0 aromatic heterocycles. The van der Waals surface area contributed by atoms with Crippen molar-refractivity contribution in [2.75, 3.05) is 12.3 Å². The summed E-state index contributed by atoms with van der Waals surface area (Å²) in [6, 6.07) is 2.29. The molecule has 1 amide bonds. The van der Waals surface area contributed by atoms with E-state index >= 15 is 0 Å². The Bertz CT molecular complexity index is 313. The summed E-state index contributed by atoms with van der Waals surface area (Å²) in [5, 5.41) is 13.0. The van der Waals surface area contributed by atoms with Gasteiger partial charge in [-0.25, -0.2) is 0 Å². The van der Waals surface area contributed by atoms with Crippen molar-refractivity contribution in [3.8, 4) is 6.07 Å². The third-order valence-electron chi connectivity index (χ3n) is 3.77. The van der Waals surface area contributed by atoms with Gasteiger partial charge in [0.15, 0.2) is 0 Å². The first-order valence-corrected chi connectivity index (χ1v) is 8.54. The minimum atomic E-state index is -0.803. The van der Waals surface area contributed by atoms with Gasteiger partial charge < -0.3 is 5.32 Å². The number of nitrogens with one attached hydrogen (secondary N) is 1. The Hall–Kier alpha value is -0.690. The Labute approximate surface area is 121 Å². The van der Waals surface area contributed by atoms with Crippen molar-refractivity contribution in [1.29, 1.82) is 5.26 Å². The number of hydrogen-bond acceptors (Lipinski definition) is 3. The summed E-state index contributed by atoms with van der Waals surface area (Å²) in [6.45, 7) is 4.79. The zero-order valence-electron chi connectivity index (χ0n) is 12.2. The number of carbonyl (C=O) groups excluding carboxylic acids is 1. The standard InChI is InChI=1S/C15H26N2OS/c1-3-8-15(12-16,9-4-2)14(18)17-11-13-7-5-6-10-19-13/h13H,3-11H2,1-2H3,(H,17,18). The molecule has 1 unspecified atom stereocenters. The molecule has 108 valence electrons. The first kappa shape index (κ1) is 16.4. The quantitative estimate of drug-likeness (QED) is 0.777. The molecule has 1 atom stereocenters. The van der Waals surface area contributed by atoms with E-state index in [1.807, 2.05) is 25.6 Å². The highest BCUT2D eigenvalue weighted by molar-refractivity contribution is 7.99. The second-order valence-corrected chi connectivity index (χ2v) is 6.80. The topological polar surface area (TPSA) is 52.9 Å². The maximum Gasteiger partial charge on any atom is 0.240 e. The average Bonchev–Trinajstić information content (AvgIpc) is 2.45. The molecule has 1 saturated heterocycles. The van der Waals surface area contributed by atoms with Crippen molar-refractivity contribution < 1.29 is 4.79 Å². The summed E-state index contributed by atoms with van der Waals surface area (Å²) in [5.41, 5.74) is -0.803. The van der Waals surface area contributed by atoms with Crippen LogP contribution in [0.1, 0.15) is 58.8 Å². The zero-order chi connectivity index (χ0) is 14.1. The molecular formula is C15H26N2OS. The molecule has 0 bridgehead atoms. The van der Waals surface area contributed by atoms with E-state index in [0.29, 0.717) is 18.1 Å². The van der Waals surface area contributed by atoms with Crippen molar-refractivity contribution in [2.24, 2.45) is 5.41 Å². The molecule has 1 rings (SSSR count). The van der Waals surface area contributed by atoms with Gasteiger partial charge in [-0.15, -0.1) is 0 Å². The van der Waals surface area contributed by atoms with Crippen LogP contribution in [0.3, 0.4) is 0 Å². The molecule has 19 heavy (non-hydrogen) atoms. The maximum absolute atomic E-state index is 12.4. The second-order valence-electron chi connectivity index (χ2n) is 5.39. The second kappa shape index (κ2) is 8.47. The molecule has 3 nitrogen and oxygen atoms in total. The van der Waals surface area contributed by atoms with Crippen LogP contribution in [0.25, 0.3) is 0 Å². The van der Waals surface area contributed by atoms with Gasteiger partial charge in [-0.1, -0.05) is 33.1 Å². The Kier molecular flexibility index (Phi) is 7.30. The van der Waals surface area contributed by atoms with Crippen LogP contribution < -0.4 is 5.32 Å². The van der Waals surface area contributed by atoms with Gasteiger partial charge in [-0.05, 0) is 31.4 Å². The normalized spacial score (nSPS) is 19.7. The largest absolute Gasteiger partial charge is 0.354 e. The van der Waals surface area contributed by atoms with Gasteiger partial charge in [0.25, 0.3) is 0 Å². The lowest BCUT2D eigenvalue weighted by molar-refractivity contribution is -0.128. The van der Waals surface area contributed by atoms with Crippen LogP contribution in [0, 0.1) is 16.7 Å². The van der Waals surface area contributed by atoms with Crippen molar-refractivity contribution >= 4 is 17.7 Å². The molecule has 0 aliphatic carbocycles. The summed E-state index contributed by atoms with van der Waals surface area (Å²) in [6.07, 6.45) is 6.83. The molecule has 4 heteroatoms. The first-order chi connectivity index (χ1) is 9.18. The number of thioether (sulfide) groups is 1. The molecule has 1 aliphatic rings. The number of carbonyl (C=O) groups is 1.